The SMILES string of the molecule is COc1ccc(-n2c(Cc3ccccc3)nnc2SCc2nc(C(=O)NCCCN3CCCCC3C)co2)cc1. The van der Waals surface area contributed by atoms with Crippen LogP contribution in [0, 0.1) is 0 Å². The summed E-state index contributed by atoms with van der Waals surface area (Å²) >= 11 is 1.46. The van der Waals surface area contributed by atoms with Crippen LogP contribution in [0.1, 0.15) is 60.4 Å². The highest BCUT2D eigenvalue weighted by molar-refractivity contribution is 7.98. The molecule has 1 aliphatic heterocycles. The maximum atomic E-state index is 12.6. The molecule has 5 rings (SSSR count). The number of oxazole rings is 1. The number of rotatable bonds is 12. The number of nitrogens with one attached hydrogen (secondary N) is 1. The van der Waals surface area contributed by atoms with Crippen LogP contribution in [-0.4, -0.2) is 63.3 Å². The minimum atomic E-state index is -0.210. The molecule has 1 saturated heterocycles. The molecule has 210 valence electrons. The van der Waals surface area contributed by atoms with Crippen molar-refractivity contribution in [1.29, 1.82) is 0 Å². The van der Waals surface area contributed by atoms with Crippen molar-refractivity contribution in [1.82, 2.24) is 30.0 Å². The van der Waals surface area contributed by atoms with E-state index in [1.807, 2.05) is 47.0 Å². The number of amides is 1. The fourth-order valence-electron chi connectivity index (χ4n) is 4.95. The van der Waals surface area contributed by atoms with Gasteiger partial charge in [0, 0.05) is 31.2 Å². The van der Waals surface area contributed by atoms with Crippen molar-refractivity contribution in [3.8, 4) is 11.4 Å². The van der Waals surface area contributed by atoms with E-state index in [1.54, 1.807) is 7.11 Å². The minimum Gasteiger partial charge on any atom is -0.497 e. The third-order valence-corrected chi connectivity index (χ3v) is 8.11. The highest BCUT2D eigenvalue weighted by Crippen LogP contribution is 2.27. The Morgan fingerprint density at radius 3 is 2.73 bits per heavy atom. The van der Waals surface area contributed by atoms with Gasteiger partial charge in [0.25, 0.3) is 5.91 Å². The Hall–Kier alpha value is -3.63. The predicted octanol–water partition coefficient (Wildman–Crippen LogP) is 5.14. The molecule has 0 aliphatic carbocycles. The Kier molecular flexibility index (Phi) is 9.51. The quantitative estimate of drug-likeness (QED) is 0.188. The molecular formula is C30H36N6O3S. The summed E-state index contributed by atoms with van der Waals surface area (Å²) < 4.78 is 13.0. The zero-order valence-electron chi connectivity index (χ0n) is 23.1. The van der Waals surface area contributed by atoms with Gasteiger partial charge < -0.3 is 19.4 Å². The normalized spacial score (nSPS) is 15.7. The first kappa shape index (κ1) is 27.9. The molecule has 40 heavy (non-hydrogen) atoms. The van der Waals surface area contributed by atoms with Crippen molar-refractivity contribution in [2.24, 2.45) is 0 Å². The second-order valence-electron chi connectivity index (χ2n) is 10.00. The van der Waals surface area contributed by atoms with Crippen LogP contribution in [0.25, 0.3) is 5.69 Å². The fourth-order valence-corrected chi connectivity index (χ4v) is 5.77. The number of likely N-dealkylation sites (tertiary alicyclic amines) is 1. The number of nitrogens with zero attached hydrogens (tertiary/aromatic N) is 5. The van der Waals surface area contributed by atoms with Crippen LogP contribution in [0.3, 0.4) is 0 Å². The van der Waals surface area contributed by atoms with E-state index in [2.05, 4.69) is 44.5 Å². The van der Waals surface area contributed by atoms with Crippen LogP contribution in [0.2, 0.25) is 0 Å². The number of ether oxygens (including phenoxy) is 1. The van der Waals surface area contributed by atoms with E-state index in [4.69, 9.17) is 9.15 Å². The van der Waals surface area contributed by atoms with Crippen LogP contribution < -0.4 is 10.1 Å². The molecule has 1 fully saturated rings. The zero-order valence-corrected chi connectivity index (χ0v) is 23.9. The third kappa shape index (κ3) is 7.11. The van der Waals surface area contributed by atoms with E-state index in [0.717, 1.165) is 42.3 Å². The lowest BCUT2D eigenvalue weighted by molar-refractivity contribution is 0.0944. The van der Waals surface area contributed by atoms with Crippen LogP contribution in [0.4, 0.5) is 0 Å². The average Bonchev–Trinajstić information content (AvgIpc) is 3.63. The van der Waals surface area contributed by atoms with E-state index in [1.165, 1.54) is 37.3 Å². The van der Waals surface area contributed by atoms with Gasteiger partial charge in [-0.3, -0.25) is 9.36 Å². The van der Waals surface area contributed by atoms with E-state index in [-0.39, 0.29) is 5.91 Å². The number of carbonyl (C=O) groups is 1. The molecular weight excluding hydrogens is 524 g/mol. The molecule has 9 nitrogen and oxygen atoms in total. The summed E-state index contributed by atoms with van der Waals surface area (Å²) in [6, 6.07) is 18.6. The van der Waals surface area contributed by atoms with Gasteiger partial charge in [0.05, 0.1) is 12.9 Å². The van der Waals surface area contributed by atoms with Gasteiger partial charge in [-0.1, -0.05) is 48.5 Å². The van der Waals surface area contributed by atoms with Crippen LogP contribution >= 0.6 is 11.8 Å². The molecule has 2 aromatic carbocycles. The maximum Gasteiger partial charge on any atom is 0.273 e. The largest absolute Gasteiger partial charge is 0.497 e. The fraction of sp³-hybridized carbons (Fsp3) is 0.400. The van der Waals surface area contributed by atoms with Gasteiger partial charge in [0.1, 0.15) is 17.8 Å². The summed E-state index contributed by atoms with van der Waals surface area (Å²) in [7, 11) is 1.65. The Labute approximate surface area is 239 Å². The number of carbonyl (C=O) groups excluding carboxylic acids is 1. The summed E-state index contributed by atoms with van der Waals surface area (Å²) in [5.41, 5.74) is 2.38. The van der Waals surface area contributed by atoms with Crippen LogP contribution in [-0.2, 0) is 12.2 Å². The minimum absolute atomic E-state index is 0.210. The lowest BCUT2D eigenvalue weighted by atomic mass is 10.0. The summed E-state index contributed by atoms with van der Waals surface area (Å²) in [6.45, 7) is 5.06. The number of piperidine rings is 1. The highest BCUT2D eigenvalue weighted by Gasteiger charge is 2.19. The first-order valence-corrected chi connectivity index (χ1v) is 14.8. The number of methoxy groups -OCH3 is 1. The van der Waals surface area contributed by atoms with Gasteiger partial charge in [-0.15, -0.1) is 10.2 Å². The van der Waals surface area contributed by atoms with Crippen molar-refractivity contribution in [2.75, 3.05) is 26.7 Å². The van der Waals surface area contributed by atoms with Gasteiger partial charge in [-0.05, 0) is 62.6 Å². The number of benzene rings is 2. The van der Waals surface area contributed by atoms with Gasteiger partial charge in [-0.25, -0.2) is 4.98 Å². The zero-order chi connectivity index (χ0) is 27.7. The van der Waals surface area contributed by atoms with Crippen molar-refractivity contribution >= 4 is 17.7 Å². The molecule has 0 radical (unpaired) electrons. The molecule has 1 atom stereocenters. The van der Waals surface area contributed by atoms with Gasteiger partial charge >= 0.3 is 0 Å². The average molecular weight is 561 g/mol. The smallest absolute Gasteiger partial charge is 0.273 e. The van der Waals surface area contributed by atoms with Crippen molar-refractivity contribution in [3.05, 3.63) is 83.8 Å². The van der Waals surface area contributed by atoms with Crippen molar-refractivity contribution in [2.45, 2.75) is 56.0 Å². The van der Waals surface area contributed by atoms with Crippen molar-refractivity contribution in [3.63, 3.8) is 0 Å². The molecule has 1 aliphatic rings. The first-order chi connectivity index (χ1) is 19.6. The van der Waals surface area contributed by atoms with Crippen LogP contribution in [0.15, 0.2) is 70.4 Å². The van der Waals surface area contributed by atoms with E-state index >= 15 is 0 Å². The van der Waals surface area contributed by atoms with Crippen molar-refractivity contribution < 1.29 is 13.9 Å². The first-order valence-electron chi connectivity index (χ1n) is 13.8. The molecule has 10 heteroatoms. The van der Waals surface area contributed by atoms with Gasteiger partial charge in [0.2, 0.25) is 5.89 Å². The Morgan fingerprint density at radius 2 is 1.95 bits per heavy atom. The van der Waals surface area contributed by atoms with Crippen LogP contribution in [0.5, 0.6) is 5.75 Å². The molecule has 1 amide bonds. The predicted molar refractivity (Wildman–Crippen MR) is 155 cm³/mol. The second-order valence-corrected chi connectivity index (χ2v) is 10.9. The molecule has 4 aromatic rings. The summed E-state index contributed by atoms with van der Waals surface area (Å²) in [5.74, 6) is 2.27. The maximum absolute atomic E-state index is 12.6. The lowest BCUT2D eigenvalue weighted by Crippen LogP contribution is -2.39. The Bertz CT molecular complexity index is 1370. The molecule has 2 aromatic heterocycles. The summed E-state index contributed by atoms with van der Waals surface area (Å²) in [5, 5.41) is 12.7. The van der Waals surface area contributed by atoms with E-state index in [9.17, 15) is 4.79 Å². The summed E-state index contributed by atoms with van der Waals surface area (Å²) in [6.07, 6.45) is 6.82. The standard InChI is InChI=1S/C30H36N6O3S/c1-22-9-6-7-17-35(22)18-8-16-31-29(37)26-20-39-28(32-26)21-40-30-34-33-27(19-23-10-4-3-5-11-23)36(30)24-12-14-25(38-2)15-13-24/h3-5,10-15,20,22H,6-9,16-19,21H2,1-2H3,(H,31,37). The number of hydrogen-bond donors (Lipinski definition) is 1. The second kappa shape index (κ2) is 13.6. The molecule has 0 spiro atoms. The number of hydrogen-bond acceptors (Lipinski definition) is 8. The van der Waals surface area contributed by atoms with Gasteiger partial charge in [-0.2, -0.15) is 0 Å². The summed E-state index contributed by atoms with van der Waals surface area (Å²) in [4.78, 5) is 19.6. The van der Waals surface area contributed by atoms with E-state index < -0.39 is 0 Å². The highest BCUT2D eigenvalue weighted by atomic mass is 32.2. The number of aromatic nitrogens is 4. The number of thioether (sulfide) groups is 1. The Morgan fingerprint density at radius 1 is 1.12 bits per heavy atom. The Balaban J connectivity index is 1.20. The molecule has 0 bridgehead atoms. The third-order valence-electron chi connectivity index (χ3n) is 7.19. The topological polar surface area (TPSA) is 98.3 Å². The molecule has 0 saturated carbocycles. The van der Waals surface area contributed by atoms with Gasteiger partial charge in [0.15, 0.2) is 10.9 Å². The monoisotopic (exact) mass is 560 g/mol. The molecule has 3 heterocycles. The lowest BCUT2D eigenvalue weighted by Gasteiger charge is -2.33. The van der Waals surface area contributed by atoms with E-state index in [0.29, 0.717) is 41.5 Å². The molecule has 1 unspecified atom stereocenters. The molecule has 1 N–H and O–H groups in total.